The molecule has 0 saturated carbocycles. The highest BCUT2D eigenvalue weighted by atomic mass is 16.5. The van der Waals surface area contributed by atoms with Gasteiger partial charge in [-0.25, -0.2) is 0 Å². The van der Waals surface area contributed by atoms with Gasteiger partial charge in [0, 0.05) is 16.7 Å². The second-order valence-corrected chi connectivity index (χ2v) is 7.37. The fourth-order valence-electron chi connectivity index (χ4n) is 3.73. The van der Waals surface area contributed by atoms with Gasteiger partial charge in [0.1, 0.15) is 11.5 Å². The van der Waals surface area contributed by atoms with Gasteiger partial charge in [0.25, 0.3) is 5.91 Å². The summed E-state index contributed by atoms with van der Waals surface area (Å²) >= 11 is 0. The van der Waals surface area contributed by atoms with Crippen LogP contribution in [-0.4, -0.2) is 13.0 Å². The average Bonchev–Trinajstić information content (AvgIpc) is 2.81. The topological polar surface area (TPSA) is 68.5 Å². The summed E-state index contributed by atoms with van der Waals surface area (Å²) in [5.74, 6) is 0.841. The lowest BCUT2D eigenvalue weighted by molar-refractivity contribution is 0.0940. The highest BCUT2D eigenvalue weighted by molar-refractivity contribution is 6.05. The molecule has 1 aromatic heterocycles. The second kappa shape index (κ2) is 8.48. The van der Waals surface area contributed by atoms with E-state index in [0.29, 0.717) is 28.0 Å². The van der Waals surface area contributed by atoms with E-state index in [0.717, 1.165) is 11.1 Å². The van der Waals surface area contributed by atoms with Crippen molar-refractivity contribution < 1.29 is 13.9 Å². The number of rotatable bonds is 5. The Bertz CT molecular complexity index is 1310. The molecule has 1 atom stereocenters. The molecule has 4 rings (SSSR count). The van der Waals surface area contributed by atoms with Crippen LogP contribution in [0.5, 0.6) is 5.75 Å². The van der Waals surface area contributed by atoms with Crippen molar-refractivity contribution in [1.29, 1.82) is 0 Å². The number of amides is 1. The van der Waals surface area contributed by atoms with Gasteiger partial charge in [0.2, 0.25) is 0 Å². The maximum atomic E-state index is 13.2. The van der Waals surface area contributed by atoms with Gasteiger partial charge in [-0.3, -0.25) is 9.59 Å². The van der Waals surface area contributed by atoms with Gasteiger partial charge in [-0.05, 0) is 32.0 Å². The van der Waals surface area contributed by atoms with Crippen LogP contribution in [0.25, 0.3) is 22.3 Å². The molecule has 0 fully saturated rings. The molecular weight excluding hydrogens is 390 g/mol. The Labute approximate surface area is 180 Å². The summed E-state index contributed by atoms with van der Waals surface area (Å²) in [6.07, 6.45) is 0. The molecule has 0 saturated heterocycles. The zero-order valence-corrected chi connectivity index (χ0v) is 17.6. The smallest absolute Gasteiger partial charge is 0.255 e. The molecule has 0 aliphatic rings. The molecule has 1 N–H and O–H groups in total. The van der Waals surface area contributed by atoms with Crippen molar-refractivity contribution in [2.45, 2.75) is 19.9 Å². The van der Waals surface area contributed by atoms with Gasteiger partial charge in [0.05, 0.1) is 24.1 Å². The minimum Gasteiger partial charge on any atom is -0.496 e. The van der Waals surface area contributed by atoms with E-state index in [9.17, 15) is 9.59 Å². The third-order valence-electron chi connectivity index (χ3n) is 5.38. The third kappa shape index (κ3) is 3.82. The van der Waals surface area contributed by atoms with E-state index in [4.69, 9.17) is 9.15 Å². The summed E-state index contributed by atoms with van der Waals surface area (Å²) in [5.41, 5.74) is 2.61. The van der Waals surface area contributed by atoms with Crippen LogP contribution in [0.1, 0.15) is 34.5 Å². The zero-order valence-electron chi connectivity index (χ0n) is 17.6. The zero-order chi connectivity index (χ0) is 22.0. The first-order valence-corrected chi connectivity index (χ1v) is 10.1. The molecule has 0 bridgehead atoms. The van der Waals surface area contributed by atoms with Gasteiger partial charge in [-0.1, -0.05) is 54.6 Å². The molecule has 4 aromatic rings. The predicted molar refractivity (Wildman–Crippen MR) is 122 cm³/mol. The second-order valence-electron chi connectivity index (χ2n) is 7.37. The number of nitrogens with one attached hydrogen (secondary N) is 1. The SMILES string of the molecule is COc1ccccc1[C@@H](C)NC(=O)c1cccc2c(=O)c(C)c(-c3ccccc3)oc12. The summed E-state index contributed by atoms with van der Waals surface area (Å²) in [6.45, 7) is 3.63. The Hall–Kier alpha value is -3.86. The Kier molecular flexibility index (Phi) is 5.58. The van der Waals surface area contributed by atoms with E-state index < -0.39 is 0 Å². The summed E-state index contributed by atoms with van der Waals surface area (Å²) in [7, 11) is 1.60. The van der Waals surface area contributed by atoms with Crippen LogP contribution < -0.4 is 15.5 Å². The Balaban J connectivity index is 1.78. The van der Waals surface area contributed by atoms with E-state index >= 15 is 0 Å². The van der Waals surface area contributed by atoms with E-state index in [2.05, 4.69) is 5.32 Å². The number of methoxy groups -OCH3 is 1. The van der Waals surface area contributed by atoms with Crippen molar-refractivity contribution in [2.75, 3.05) is 7.11 Å². The molecule has 1 heterocycles. The fourth-order valence-corrected chi connectivity index (χ4v) is 3.73. The van der Waals surface area contributed by atoms with Crippen molar-refractivity contribution in [2.24, 2.45) is 0 Å². The standard InChI is InChI=1S/C26H23NO4/c1-16-23(28)20-13-9-14-21(25(20)31-24(16)18-10-5-4-6-11-18)26(29)27-17(2)19-12-7-8-15-22(19)30-3/h4-15,17H,1-3H3,(H,27,29)/t17-/m1/s1. The van der Waals surface area contributed by atoms with E-state index in [1.165, 1.54) is 0 Å². The molecule has 31 heavy (non-hydrogen) atoms. The molecule has 0 aliphatic heterocycles. The van der Waals surface area contributed by atoms with Crippen molar-refractivity contribution in [3.8, 4) is 17.1 Å². The fraction of sp³-hybridized carbons (Fsp3) is 0.154. The van der Waals surface area contributed by atoms with Crippen LogP contribution >= 0.6 is 0 Å². The number of fused-ring (bicyclic) bond motifs is 1. The monoisotopic (exact) mass is 413 g/mol. The van der Waals surface area contributed by atoms with Gasteiger partial charge in [-0.2, -0.15) is 0 Å². The number of hydrogen-bond donors (Lipinski definition) is 1. The highest BCUT2D eigenvalue weighted by Crippen LogP contribution is 2.28. The molecule has 0 unspecified atom stereocenters. The number of benzene rings is 3. The molecule has 0 aliphatic carbocycles. The van der Waals surface area contributed by atoms with Gasteiger partial charge < -0.3 is 14.5 Å². The normalized spacial score (nSPS) is 11.8. The van der Waals surface area contributed by atoms with E-state index in [1.54, 1.807) is 32.2 Å². The average molecular weight is 413 g/mol. The van der Waals surface area contributed by atoms with Crippen LogP contribution in [0.15, 0.2) is 82.0 Å². The van der Waals surface area contributed by atoms with Crippen molar-refractivity contribution >= 4 is 16.9 Å². The van der Waals surface area contributed by atoms with Crippen LogP contribution in [0.2, 0.25) is 0 Å². The lowest BCUT2D eigenvalue weighted by Crippen LogP contribution is -2.27. The molecule has 3 aromatic carbocycles. The van der Waals surface area contributed by atoms with Crippen LogP contribution in [0.4, 0.5) is 0 Å². The molecule has 1 amide bonds. The quantitative estimate of drug-likeness (QED) is 0.484. The molecule has 0 spiro atoms. The third-order valence-corrected chi connectivity index (χ3v) is 5.38. The van der Waals surface area contributed by atoms with Crippen molar-refractivity contribution in [1.82, 2.24) is 5.32 Å². The lowest BCUT2D eigenvalue weighted by atomic mass is 10.0. The summed E-state index contributed by atoms with van der Waals surface area (Å²) in [6, 6.07) is 21.7. The molecule has 0 radical (unpaired) electrons. The molecule has 156 valence electrons. The van der Waals surface area contributed by atoms with Crippen molar-refractivity contribution in [3.05, 3.63) is 99.7 Å². The summed E-state index contributed by atoms with van der Waals surface area (Å²) < 4.78 is 11.6. The number of carbonyl (C=O) groups is 1. The maximum Gasteiger partial charge on any atom is 0.255 e. The number of hydrogen-bond acceptors (Lipinski definition) is 4. The highest BCUT2D eigenvalue weighted by Gasteiger charge is 2.20. The predicted octanol–water partition coefficient (Wildman–Crippen LogP) is 5.27. The maximum absolute atomic E-state index is 13.2. The Morgan fingerprint density at radius 3 is 2.42 bits per heavy atom. The first-order chi connectivity index (χ1) is 15.0. The number of ether oxygens (including phenoxy) is 1. The summed E-state index contributed by atoms with van der Waals surface area (Å²) in [5, 5.41) is 3.38. The van der Waals surface area contributed by atoms with Gasteiger partial charge >= 0.3 is 0 Å². The molecule has 5 nitrogen and oxygen atoms in total. The number of para-hydroxylation sites is 2. The van der Waals surface area contributed by atoms with E-state index in [-0.39, 0.29) is 23.0 Å². The molecule has 5 heteroatoms. The van der Waals surface area contributed by atoms with Crippen LogP contribution in [0, 0.1) is 6.92 Å². The minimum absolute atomic E-state index is 0.146. The lowest BCUT2D eigenvalue weighted by Gasteiger charge is -2.18. The Morgan fingerprint density at radius 1 is 0.968 bits per heavy atom. The van der Waals surface area contributed by atoms with Crippen molar-refractivity contribution in [3.63, 3.8) is 0 Å². The van der Waals surface area contributed by atoms with E-state index in [1.807, 2.05) is 61.5 Å². The van der Waals surface area contributed by atoms with Crippen LogP contribution in [0.3, 0.4) is 0 Å². The van der Waals surface area contributed by atoms with Gasteiger partial charge in [0.15, 0.2) is 11.0 Å². The van der Waals surface area contributed by atoms with Gasteiger partial charge in [-0.15, -0.1) is 0 Å². The number of carbonyl (C=O) groups excluding carboxylic acids is 1. The minimum atomic E-state index is -0.324. The first-order valence-electron chi connectivity index (χ1n) is 10.1. The largest absolute Gasteiger partial charge is 0.496 e. The van der Waals surface area contributed by atoms with Crippen LogP contribution in [-0.2, 0) is 0 Å². The molecular formula is C26H23NO4. The first kappa shape index (κ1) is 20.4. The summed E-state index contributed by atoms with van der Waals surface area (Å²) in [4.78, 5) is 26.2. The Morgan fingerprint density at radius 2 is 1.68 bits per heavy atom.